The van der Waals surface area contributed by atoms with Crippen molar-refractivity contribution in [2.45, 2.75) is 6.42 Å². The molecular weight excluding hydrogens is 464 g/mol. The van der Waals surface area contributed by atoms with Gasteiger partial charge >= 0.3 is 5.97 Å². The standard InChI is InChI=1S/C27H20N2O7/c30-20(12-36-21(31)11-29-26(34)22-13-5-6-14(9-13)23(22)27(29)35)28-15-7-8-18-19(10-15)25(33)17-4-2-1-3-16(17)24(18)32/h1-8,10,13-14,22-23H,9,11-12H2,(H,28,30). The molecule has 4 unspecified atom stereocenters. The van der Waals surface area contributed by atoms with E-state index in [2.05, 4.69) is 5.32 Å². The Balaban J connectivity index is 1.07. The molecule has 1 aliphatic heterocycles. The summed E-state index contributed by atoms with van der Waals surface area (Å²) in [5.41, 5.74) is 1.31. The predicted molar refractivity (Wildman–Crippen MR) is 124 cm³/mol. The summed E-state index contributed by atoms with van der Waals surface area (Å²) < 4.78 is 4.99. The smallest absolute Gasteiger partial charge is 0.326 e. The summed E-state index contributed by atoms with van der Waals surface area (Å²) in [7, 11) is 0. The van der Waals surface area contributed by atoms with Gasteiger partial charge in [-0.1, -0.05) is 36.4 Å². The first-order valence-corrected chi connectivity index (χ1v) is 11.6. The molecule has 1 saturated carbocycles. The number of benzene rings is 2. The minimum absolute atomic E-state index is 0.0375. The van der Waals surface area contributed by atoms with Crippen LogP contribution in [0.1, 0.15) is 38.3 Å². The molecule has 1 heterocycles. The first-order chi connectivity index (χ1) is 17.3. The highest BCUT2D eigenvalue weighted by atomic mass is 16.5. The number of fused-ring (bicyclic) bond motifs is 7. The van der Waals surface area contributed by atoms with Gasteiger partial charge in [0.2, 0.25) is 11.8 Å². The lowest BCUT2D eigenvalue weighted by molar-refractivity contribution is -0.154. The number of carbonyl (C=O) groups excluding carboxylic acids is 6. The first-order valence-electron chi connectivity index (χ1n) is 11.6. The number of imide groups is 1. The van der Waals surface area contributed by atoms with Crippen molar-refractivity contribution in [1.82, 2.24) is 4.90 Å². The van der Waals surface area contributed by atoms with E-state index < -0.39 is 36.9 Å². The Bertz CT molecular complexity index is 1390. The van der Waals surface area contributed by atoms with E-state index in [0.29, 0.717) is 11.1 Å². The molecule has 9 nitrogen and oxygen atoms in total. The molecule has 2 fully saturated rings. The molecule has 3 amide bonds. The van der Waals surface area contributed by atoms with Crippen LogP contribution in [0.5, 0.6) is 0 Å². The minimum Gasteiger partial charge on any atom is -0.454 e. The largest absolute Gasteiger partial charge is 0.454 e. The monoisotopic (exact) mass is 484 g/mol. The Kier molecular flexibility index (Phi) is 4.96. The van der Waals surface area contributed by atoms with Crippen LogP contribution in [0.25, 0.3) is 0 Å². The average Bonchev–Trinajstić information content (AvgIpc) is 3.56. The average molecular weight is 484 g/mol. The van der Waals surface area contributed by atoms with Crippen LogP contribution in [0.2, 0.25) is 0 Å². The number of allylic oxidation sites excluding steroid dienone is 2. The maximum Gasteiger partial charge on any atom is 0.326 e. The molecule has 36 heavy (non-hydrogen) atoms. The summed E-state index contributed by atoms with van der Waals surface area (Å²) >= 11 is 0. The van der Waals surface area contributed by atoms with E-state index in [4.69, 9.17) is 4.74 Å². The number of hydrogen-bond donors (Lipinski definition) is 1. The number of ketones is 2. The van der Waals surface area contributed by atoms with Crippen molar-refractivity contribution in [3.63, 3.8) is 0 Å². The van der Waals surface area contributed by atoms with E-state index in [0.717, 1.165) is 11.3 Å². The van der Waals surface area contributed by atoms with Crippen molar-refractivity contribution < 1.29 is 33.5 Å². The van der Waals surface area contributed by atoms with E-state index in [1.807, 2.05) is 12.2 Å². The van der Waals surface area contributed by atoms with Crippen LogP contribution in [0.3, 0.4) is 0 Å². The van der Waals surface area contributed by atoms with Crippen molar-refractivity contribution >= 4 is 40.9 Å². The summed E-state index contributed by atoms with van der Waals surface area (Å²) in [6, 6.07) is 10.9. The van der Waals surface area contributed by atoms with Crippen molar-refractivity contribution in [1.29, 1.82) is 0 Å². The van der Waals surface area contributed by atoms with Gasteiger partial charge in [-0.05, 0) is 36.5 Å². The van der Waals surface area contributed by atoms with Gasteiger partial charge < -0.3 is 10.1 Å². The number of hydrogen-bond acceptors (Lipinski definition) is 7. The zero-order chi connectivity index (χ0) is 25.1. The molecule has 0 radical (unpaired) electrons. The topological polar surface area (TPSA) is 127 Å². The number of esters is 1. The molecule has 0 aromatic heterocycles. The number of ether oxygens (including phenoxy) is 1. The van der Waals surface area contributed by atoms with E-state index in [1.54, 1.807) is 24.3 Å². The Labute approximate surface area is 205 Å². The van der Waals surface area contributed by atoms with Gasteiger partial charge in [0.25, 0.3) is 5.91 Å². The van der Waals surface area contributed by atoms with Crippen molar-refractivity contribution in [2.75, 3.05) is 18.5 Å². The zero-order valence-corrected chi connectivity index (χ0v) is 18.9. The molecule has 0 spiro atoms. The second kappa shape index (κ2) is 8.08. The molecule has 4 aliphatic rings. The summed E-state index contributed by atoms with van der Waals surface area (Å²) in [5.74, 6) is -3.60. The van der Waals surface area contributed by atoms with Gasteiger partial charge in [0.1, 0.15) is 6.54 Å². The fourth-order valence-electron chi connectivity index (χ4n) is 5.81. The van der Waals surface area contributed by atoms with Gasteiger partial charge in [0.05, 0.1) is 11.8 Å². The summed E-state index contributed by atoms with van der Waals surface area (Å²) in [5, 5.41) is 2.53. The van der Waals surface area contributed by atoms with Crippen LogP contribution in [-0.4, -0.2) is 53.3 Å². The number of rotatable bonds is 5. The van der Waals surface area contributed by atoms with Crippen molar-refractivity contribution in [3.05, 3.63) is 76.9 Å². The van der Waals surface area contributed by atoms with Gasteiger partial charge in [-0.15, -0.1) is 0 Å². The molecule has 3 aliphatic carbocycles. The third-order valence-electron chi connectivity index (χ3n) is 7.42. The van der Waals surface area contributed by atoms with Crippen LogP contribution < -0.4 is 5.32 Å². The highest BCUT2D eigenvalue weighted by Crippen LogP contribution is 2.52. The summed E-state index contributed by atoms with van der Waals surface area (Å²) in [4.78, 5) is 76.5. The molecule has 2 aromatic carbocycles. The van der Waals surface area contributed by atoms with Crippen LogP contribution >= 0.6 is 0 Å². The van der Waals surface area contributed by atoms with Gasteiger partial charge in [-0.25, -0.2) is 0 Å². The first kappa shape index (κ1) is 22.1. The lowest BCUT2D eigenvalue weighted by atomic mass is 9.84. The molecule has 2 bridgehead atoms. The molecule has 2 aromatic rings. The second-order valence-electron chi connectivity index (χ2n) is 9.44. The quantitative estimate of drug-likeness (QED) is 0.332. The van der Waals surface area contributed by atoms with E-state index >= 15 is 0 Å². The normalized spacial score (nSPS) is 25.1. The maximum absolute atomic E-state index is 12.8. The Hall–Kier alpha value is -4.40. The fourth-order valence-corrected chi connectivity index (χ4v) is 5.81. The zero-order valence-electron chi connectivity index (χ0n) is 18.9. The number of nitrogens with zero attached hydrogens (tertiary/aromatic N) is 1. The highest BCUT2D eigenvalue weighted by Gasteiger charge is 2.59. The number of nitrogens with one attached hydrogen (secondary N) is 1. The van der Waals surface area contributed by atoms with Gasteiger partial charge in [-0.3, -0.25) is 33.7 Å². The molecule has 4 atom stereocenters. The number of likely N-dealkylation sites (tertiary alicyclic amines) is 1. The summed E-state index contributed by atoms with van der Waals surface area (Å²) in [6.45, 7) is -1.17. The molecule has 6 rings (SSSR count). The van der Waals surface area contributed by atoms with Crippen molar-refractivity contribution in [2.24, 2.45) is 23.7 Å². The SMILES string of the molecule is O=C(COC(=O)CN1C(=O)C2C3C=CC(C3)C2C1=O)Nc1ccc2c(c1)C(=O)c1ccccc1C2=O. The van der Waals surface area contributed by atoms with E-state index in [1.165, 1.54) is 18.2 Å². The third-order valence-corrected chi connectivity index (χ3v) is 7.42. The molecule has 9 heteroatoms. The third kappa shape index (κ3) is 3.30. The lowest BCUT2D eigenvalue weighted by Crippen LogP contribution is -2.38. The Morgan fingerprint density at radius 1 is 0.833 bits per heavy atom. The predicted octanol–water partition coefficient (Wildman–Crippen LogP) is 1.75. The van der Waals surface area contributed by atoms with Crippen LogP contribution in [0.15, 0.2) is 54.6 Å². The molecule has 180 valence electrons. The van der Waals surface area contributed by atoms with Gasteiger partial charge in [0, 0.05) is 27.9 Å². The van der Waals surface area contributed by atoms with Gasteiger partial charge in [0.15, 0.2) is 18.2 Å². The van der Waals surface area contributed by atoms with Crippen LogP contribution in [-0.2, 0) is 23.9 Å². The molecule has 1 N–H and O–H groups in total. The Morgan fingerprint density at radius 3 is 2.06 bits per heavy atom. The summed E-state index contributed by atoms with van der Waals surface area (Å²) in [6.07, 6.45) is 4.72. The fraction of sp³-hybridized carbons (Fsp3) is 0.259. The van der Waals surface area contributed by atoms with Crippen LogP contribution in [0, 0.1) is 23.7 Å². The van der Waals surface area contributed by atoms with Crippen LogP contribution in [0.4, 0.5) is 5.69 Å². The lowest BCUT2D eigenvalue weighted by Gasteiger charge is -2.18. The van der Waals surface area contributed by atoms with E-state index in [-0.39, 0.29) is 52.0 Å². The minimum atomic E-state index is -0.866. The number of anilines is 1. The number of carbonyl (C=O) groups is 6. The maximum atomic E-state index is 12.8. The van der Waals surface area contributed by atoms with E-state index in [9.17, 15) is 28.8 Å². The number of amides is 3. The Morgan fingerprint density at radius 2 is 1.42 bits per heavy atom. The highest BCUT2D eigenvalue weighted by molar-refractivity contribution is 6.28. The second-order valence-corrected chi connectivity index (χ2v) is 9.44. The van der Waals surface area contributed by atoms with Gasteiger partial charge in [-0.2, -0.15) is 0 Å². The van der Waals surface area contributed by atoms with Crippen molar-refractivity contribution in [3.8, 4) is 0 Å². The molecule has 1 saturated heterocycles. The molecular formula is C27H20N2O7.